The molecule has 0 unspecified atom stereocenters. The Morgan fingerprint density at radius 2 is 1.92 bits per heavy atom. The molecule has 2 rings (SSSR count). The van der Waals surface area contributed by atoms with Crippen molar-refractivity contribution in [2.45, 2.75) is 6.92 Å². The fourth-order valence-electron chi connectivity index (χ4n) is 1.83. The average Bonchev–Trinajstić information content (AvgIpc) is 2.58. The van der Waals surface area contributed by atoms with Crippen molar-refractivity contribution in [1.29, 1.82) is 0 Å². The Balaban J connectivity index is 1.82. The highest BCUT2D eigenvalue weighted by Crippen LogP contribution is 2.32. The van der Waals surface area contributed by atoms with E-state index in [9.17, 15) is 14.0 Å². The first-order valence-electron chi connectivity index (χ1n) is 7.15. The Labute approximate surface area is 153 Å². The van der Waals surface area contributed by atoms with E-state index < -0.39 is 30.9 Å². The Morgan fingerprint density at radius 3 is 2.64 bits per heavy atom. The van der Waals surface area contributed by atoms with Crippen molar-refractivity contribution in [2.75, 3.05) is 18.5 Å². The maximum absolute atomic E-state index is 13.0. The molecule has 0 bridgehead atoms. The minimum atomic E-state index is -0.777. The van der Waals surface area contributed by atoms with Gasteiger partial charge in [-0.3, -0.25) is 4.79 Å². The van der Waals surface area contributed by atoms with Gasteiger partial charge in [0.25, 0.3) is 5.91 Å². The van der Waals surface area contributed by atoms with E-state index in [-0.39, 0.29) is 16.5 Å². The second kappa shape index (κ2) is 8.69. The number of hydrogen-bond acceptors (Lipinski definition) is 4. The number of carbonyl (C=O) groups excluding carboxylic acids is 2. The summed E-state index contributed by atoms with van der Waals surface area (Å²) < 4.78 is 22.8. The van der Waals surface area contributed by atoms with Gasteiger partial charge in [-0.25, -0.2) is 9.18 Å². The highest BCUT2D eigenvalue weighted by Gasteiger charge is 2.14. The third kappa shape index (κ3) is 5.62. The number of benzene rings is 2. The third-order valence-corrected chi connectivity index (χ3v) is 3.87. The molecular formula is C17H14Cl2FNO4. The molecule has 0 saturated heterocycles. The minimum absolute atomic E-state index is 0.180. The van der Waals surface area contributed by atoms with Gasteiger partial charge in [0, 0.05) is 6.07 Å². The third-order valence-electron chi connectivity index (χ3n) is 3.07. The normalized spacial score (nSPS) is 10.2. The number of anilines is 1. The molecule has 2 aromatic rings. The number of hydrogen-bond donors (Lipinski definition) is 1. The zero-order valence-corrected chi connectivity index (χ0v) is 14.7. The SMILES string of the molecule is Cc1ccc(Cl)c(NC(=O)COC(=O)COc2cccc(F)c2)c1Cl. The molecule has 8 heteroatoms. The first-order valence-corrected chi connectivity index (χ1v) is 7.91. The van der Waals surface area contributed by atoms with Crippen molar-refractivity contribution in [1.82, 2.24) is 0 Å². The number of carbonyl (C=O) groups is 2. The number of amides is 1. The van der Waals surface area contributed by atoms with Crippen molar-refractivity contribution in [2.24, 2.45) is 0 Å². The summed E-state index contributed by atoms with van der Waals surface area (Å²) in [6, 6.07) is 8.61. The molecule has 132 valence electrons. The molecule has 5 nitrogen and oxygen atoms in total. The summed E-state index contributed by atoms with van der Waals surface area (Å²) in [4.78, 5) is 23.4. The molecule has 0 radical (unpaired) electrons. The van der Waals surface area contributed by atoms with E-state index in [1.165, 1.54) is 18.2 Å². The van der Waals surface area contributed by atoms with Crippen LogP contribution in [-0.2, 0) is 14.3 Å². The van der Waals surface area contributed by atoms with E-state index in [0.29, 0.717) is 5.02 Å². The van der Waals surface area contributed by atoms with E-state index in [4.69, 9.17) is 32.7 Å². The molecule has 0 spiro atoms. The number of esters is 1. The van der Waals surface area contributed by atoms with E-state index in [0.717, 1.165) is 11.6 Å². The van der Waals surface area contributed by atoms with E-state index >= 15 is 0 Å². The standard InChI is InChI=1S/C17H14Cl2FNO4/c1-10-5-6-13(18)17(16(10)19)21-14(22)8-25-15(23)9-24-12-4-2-3-11(20)7-12/h2-7H,8-9H2,1H3,(H,21,22). The van der Waals surface area contributed by atoms with Crippen LogP contribution in [0.4, 0.5) is 10.1 Å². The highest BCUT2D eigenvalue weighted by atomic mass is 35.5. The van der Waals surface area contributed by atoms with Gasteiger partial charge in [0.2, 0.25) is 0 Å². The maximum atomic E-state index is 13.0. The van der Waals surface area contributed by atoms with Crippen LogP contribution in [0.25, 0.3) is 0 Å². The maximum Gasteiger partial charge on any atom is 0.344 e. The summed E-state index contributed by atoms with van der Waals surface area (Å²) in [6.07, 6.45) is 0. The molecular weight excluding hydrogens is 372 g/mol. The predicted molar refractivity (Wildman–Crippen MR) is 92.7 cm³/mol. The summed E-state index contributed by atoms with van der Waals surface area (Å²) in [5.41, 5.74) is 0.988. The summed E-state index contributed by atoms with van der Waals surface area (Å²) in [5.74, 6) is -1.69. The highest BCUT2D eigenvalue weighted by molar-refractivity contribution is 6.40. The van der Waals surface area contributed by atoms with Crippen molar-refractivity contribution >= 4 is 40.8 Å². The topological polar surface area (TPSA) is 64.6 Å². The molecule has 2 aromatic carbocycles. The Hall–Kier alpha value is -2.31. The fourth-order valence-corrected chi connectivity index (χ4v) is 2.30. The number of halogens is 3. The van der Waals surface area contributed by atoms with Crippen molar-refractivity contribution in [3.8, 4) is 5.75 Å². The fraction of sp³-hybridized carbons (Fsp3) is 0.176. The van der Waals surface area contributed by atoms with Crippen LogP contribution in [-0.4, -0.2) is 25.1 Å². The van der Waals surface area contributed by atoms with Gasteiger partial charge in [-0.05, 0) is 30.7 Å². The van der Waals surface area contributed by atoms with Crippen molar-refractivity contribution in [3.63, 3.8) is 0 Å². The second-order valence-electron chi connectivity index (χ2n) is 5.01. The van der Waals surface area contributed by atoms with E-state index in [1.54, 1.807) is 19.1 Å². The van der Waals surface area contributed by atoms with Crippen LogP contribution < -0.4 is 10.1 Å². The molecule has 0 saturated carbocycles. The van der Waals surface area contributed by atoms with Gasteiger partial charge in [-0.2, -0.15) is 0 Å². The molecule has 0 aliphatic carbocycles. The number of ether oxygens (including phenoxy) is 2. The van der Waals surface area contributed by atoms with Crippen LogP contribution >= 0.6 is 23.2 Å². The van der Waals surface area contributed by atoms with Gasteiger partial charge in [-0.15, -0.1) is 0 Å². The zero-order chi connectivity index (χ0) is 18.4. The Kier molecular flexibility index (Phi) is 6.61. The minimum Gasteiger partial charge on any atom is -0.482 e. The molecule has 0 aliphatic rings. The van der Waals surface area contributed by atoms with E-state index in [1.807, 2.05) is 0 Å². The number of aryl methyl sites for hydroxylation is 1. The van der Waals surface area contributed by atoms with Crippen molar-refractivity contribution < 1.29 is 23.5 Å². The summed E-state index contributed by atoms with van der Waals surface area (Å²) in [7, 11) is 0. The predicted octanol–water partition coefficient (Wildman–Crippen LogP) is 4.00. The van der Waals surface area contributed by atoms with Crippen LogP contribution in [0.3, 0.4) is 0 Å². The first-order chi connectivity index (χ1) is 11.9. The lowest BCUT2D eigenvalue weighted by molar-refractivity contribution is -0.149. The Morgan fingerprint density at radius 1 is 1.16 bits per heavy atom. The van der Waals surface area contributed by atoms with Crippen molar-refractivity contribution in [3.05, 3.63) is 57.8 Å². The summed E-state index contributed by atoms with van der Waals surface area (Å²) >= 11 is 12.1. The molecule has 0 fully saturated rings. The molecule has 0 heterocycles. The quantitative estimate of drug-likeness (QED) is 0.763. The second-order valence-corrected chi connectivity index (χ2v) is 5.79. The van der Waals surface area contributed by atoms with Crippen LogP contribution in [0.15, 0.2) is 36.4 Å². The summed E-state index contributed by atoms with van der Waals surface area (Å²) in [6.45, 7) is 0.771. The van der Waals surface area contributed by atoms with Crippen LogP contribution in [0.1, 0.15) is 5.56 Å². The lowest BCUT2D eigenvalue weighted by Crippen LogP contribution is -2.24. The number of rotatable bonds is 6. The van der Waals surface area contributed by atoms with Gasteiger partial charge in [0.05, 0.1) is 15.7 Å². The molecule has 1 N–H and O–H groups in total. The molecule has 1 amide bonds. The largest absolute Gasteiger partial charge is 0.482 e. The van der Waals surface area contributed by atoms with Gasteiger partial charge in [0.15, 0.2) is 13.2 Å². The lowest BCUT2D eigenvalue weighted by atomic mass is 10.2. The van der Waals surface area contributed by atoms with E-state index in [2.05, 4.69) is 5.32 Å². The molecule has 25 heavy (non-hydrogen) atoms. The van der Waals surface area contributed by atoms with Gasteiger partial charge >= 0.3 is 5.97 Å². The summed E-state index contributed by atoms with van der Waals surface area (Å²) in [5, 5.41) is 3.06. The number of nitrogens with one attached hydrogen (secondary N) is 1. The Bertz CT molecular complexity index is 798. The zero-order valence-electron chi connectivity index (χ0n) is 13.1. The van der Waals surface area contributed by atoms with Crippen LogP contribution in [0.2, 0.25) is 10.0 Å². The van der Waals surface area contributed by atoms with Gasteiger partial charge in [-0.1, -0.05) is 35.3 Å². The van der Waals surface area contributed by atoms with Crippen LogP contribution in [0, 0.1) is 12.7 Å². The smallest absolute Gasteiger partial charge is 0.344 e. The van der Waals surface area contributed by atoms with Crippen LogP contribution in [0.5, 0.6) is 5.75 Å². The molecule has 0 atom stereocenters. The average molecular weight is 386 g/mol. The molecule has 0 aromatic heterocycles. The monoisotopic (exact) mass is 385 g/mol. The molecule has 0 aliphatic heterocycles. The first kappa shape index (κ1) is 19.0. The van der Waals surface area contributed by atoms with Gasteiger partial charge in [0.1, 0.15) is 11.6 Å². The van der Waals surface area contributed by atoms with Gasteiger partial charge < -0.3 is 14.8 Å². The lowest BCUT2D eigenvalue weighted by Gasteiger charge is -2.11.